The topological polar surface area (TPSA) is 69.6 Å². The van der Waals surface area contributed by atoms with Crippen LogP contribution in [0.5, 0.6) is 0 Å². The average Bonchev–Trinajstić information content (AvgIpc) is 2.89. The van der Waals surface area contributed by atoms with Gasteiger partial charge in [0.1, 0.15) is 5.82 Å². The number of aryl methyl sites for hydroxylation is 1. The van der Waals surface area contributed by atoms with Gasteiger partial charge < -0.3 is 5.73 Å². The van der Waals surface area contributed by atoms with Crippen molar-refractivity contribution in [2.75, 3.05) is 5.73 Å². The monoisotopic (exact) mass is 377 g/mol. The molecule has 0 bridgehead atoms. The third kappa shape index (κ3) is 2.38. The van der Waals surface area contributed by atoms with Crippen LogP contribution in [-0.4, -0.2) is 19.7 Å². The van der Waals surface area contributed by atoms with Crippen LogP contribution in [0.15, 0.2) is 42.7 Å². The molecule has 0 aliphatic heterocycles. The van der Waals surface area contributed by atoms with Gasteiger partial charge in [0.05, 0.1) is 21.0 Å². The molecule has 20 heavy (non-hydrogen) atoms. The Balaban J connectivity index is 2.18. The van der Waals surface area contributed by atoms with Crippen LogP contribution in [0.1, 0.15) is 0 Å². The summed E-state index contributed by atoms with van der Waals surface area (Å²) in [6.45, 7) is 0. The molecule has 0 saturated heterocycles. The minimum Gasteiger partial charge on any atom is -0.383 e. The Labute approximate surface area is 130 Å². The van der Waals surface area contributed by atoms with Crippen molar-refractivity contribution in [1.29, 1.82) is 0 Å². The number of aromatic nitrogens is 4. The highest BCUT2D eigenvalue weighted by atomic mass is 127. The fourth-order valence-corrected chi connectivity index (χ4v) is 2.47. The molecule has 0 fully saturated rings. The Kier molecular flexibility index (Phi) is 3.39. The quantitative estimate of drug-likeness (QED) is 0.698. The highest BCUT2D eigenvalue weighted by Crippen LogP contribution is 2.28. The lowest BCUT2D eigenvalue weighted by Gasteiger charge is -2.08. The number of rotatable bonds is 2. The normalized spacial score (nSPS) is 10.7. The highest BCUT2D eigenvalue weighted by Gasteiger charge is 2.13. The van der Waals surface area contributed by atoms with Gasteiger partial charge in [0, 0.05) is 18.8 Å². The van der Waals surface area contributed by atoms with Crippen molar-refractivity contribution >= 4 is 28.4 Å². The molecule has 0 unspecified atom stereocenters. The number of halogens is 1. The first-order chi connectivity index (χ1) is 9.65. The first-order valence-electron chi connectivity index (χ1n) is 6.02. The summed E-state index contributed by atoms with van der Waals surface area (Å²) in [6.07, 6.45) is 3.60. The van der Waals surface area contributed by atoms with Gasteiger partial charge in [0.15, 0.2) is 5.82 Å². The van der Waals surface area contributed by atoms with Gasteiger partial charge in [0.2, 0.25) is 0 Å². The Morgan fingerprint density at radius 1 is 1.10 bits per heavy atom. The van der Waals surface area contributed by atoms with E-state index in [0.717, 1.165) is 20.4 Å². The smallest absolute Gasteiger partial charge is 0.165 e. The van der Waals surface area contributed by atoms with Crippen molar-refractivity contribution in [1.82, 2.24) is 19.7 Å². The van der Waals surface area contributed by atoms with E-state index in [2.05, 4.69) is 37.7 Å². The Hall–Kier alpha value is -1.96. The molecule has 0 saturated carbocycles. The second-order valence-electron chi connectivity index (χ2n) is 4.36. The largest absolute Gasteiger partial charge is 0.383 e. The average molecular weight is 377 g/mol. The summed E-state index contributed by atoms with van der Waals surface area (Å²) < 4.78 is 2.58. The van der Waals surface area contributed by atoms with Gasteiger partial charge in [-0.15, -0.1) is 0 Å². The molecule has 2 N–H and O–H groups in total. The van der Waals surface area contributed by atoms with Crippen LogP contribution in [0, 0.1) is 3.57 Å². The van der Waals surface area contributed by atoms with Gasteiger partial charge in [-0.2, -0.15) is 5.10 Å². The summed E-state index contributed by atoms with van der Waals surface area (Å²) in [5.41, 5.74) is 8.74. The fourth-order valence-electron chi connectivity index (χ4n) is 1.92. The predicted molar refractivity (Wildman–Crippen MR) is 86.8 cm³/mol. The Morgan fingerprint density at radius 3 is 2.50 bits per heavy atom. The van der Waals surface area contributed by atoms with Gasteiger partial charge in [-0.05, 0) is 22.6 Å². The zero-order chi connectivity index (χ0) is 14.1. The summed E-state index contributed by atoms with van der Waals surface area (Å²) in [6, 6.07) is 9.96. The molecule has 2 heterocycles. The zero-order valence-corrected chi connectivity index (χ0v) is 12.9. The van der Waals surface area contributed by atoms with Gasteiger partial charge in [-0.3, -0.25) is 4.68 Å². The minimum atomic E-state index is 0.485. The Bertz CT molecular complexity index is 752. The summed E-state index contributed by atoms with van der Waals surface area (Å²) in [5, 5.41) is 4.14. The molecule has 0 aliphatic carbocycles. The second-order valence-corrected chi connectivity index (χ2v) is 5.44. The van der Waals surface area contributed by atoms with Gasteiger partial charge in [0.25, 0.3) is 0 Å². The molecule has 2 aromatic heterocycles. The zero-order valence-electron chi connectivity index (χ0n) is 10.8. The van der Waals surface area contributed by atoms with Gasteiger partial charge in [-0.25, -0.2) is 9.97 Å². The van der Waals surface area contributed by atoms with Crippen LogP contribution >= 0.6 is 22.6 Å². The lowest BCUT2D eigenvalue weighted by molar-refractivity contribution is 0.768. The molecule has 5 nitrogen and oxygen atoms in total. The Morgan fingerprint density at radius 2 is 1.85 bits per heavy atom. The van der Waals surface area contributed by atoms with Crippen LogP contribution in [0.2, 0.25) is 0 Å². The fraction of sp³-hybridized carbons (Fsp3) is 0.0714. The number of benzene rings is 1. The molecule has 0 radical (unpaired) electrons. The highest BCUT2D eigenvalue weighted by molar-refractivity contribution is 14.1. The van der Waals surface area contributed by atoms with E-state index in [1.807, 2.05) is 43.6 Å². The molecule has 3 aromatic rings. The minimum absolute atomic E-state index is 0.485. The van der Waals surface area contributed by atoms with Crippen LogP contribution in [-0.2, 0) is 7.05 Å². The molecule has 0 atom stereocenters. The number of nitrogens with two attached hydrogens (primary N) is 1. The van der Waals surface area contributed by atoms with E-state index in [1.54, 1.807) is 10.9 Å². The van der Waals surface area contributed by atoms with Crippen LogP contribution in [0.4, 0.5) is 5.82 Å². The maximum atomic E-state index is 6.02. The van der Waals surface area contributed by atoms with E-state index in [0.29, 0.717) is 11.6 Å². The lowest BCUT2D eigenvalue weighted by Crippen LogP contribution is -2.02. The second kappa shape index (κ2) is 5.20. The van der Waals surface area contributed by atoms with Crippen molar-refractivity contribution in [2.24, 2.45) is 7.05 Å². The number of hydrogen-bond acceptors (Lipinski definition) is 4. The molecule has 0 amide bonds. The van der Waals surface area contributed by atoms with Crippen LogP contribution in [0.25, 0.3) is 22.6 Å². The SMILES string of the molecule is Cn1cc(-c2nc(N)c(I)c(-c3ccccc3)n2)cn1. The maximum absolute atomic E-state index is 6.02. The third-order valence-electron chi connectivity index (χ3n) is 2.89. The van der Waals surface area contributed by atoms with E-state index in [9.17, 15) is 0 Å². The summed E-state index contributed by atoms with van der Waals surface area (Å²) in [5.74, 6) is 1.08. The van der Waals surface area contributed by atoms with E-state index in [4.69, 9.17) is 5.73 Å². The van der Waals surface area contributed by atoms with E-state index < -0.39 is 0 Å². The third-order valence-corrected chi connectivity index (χ3v) is 3.95. The number of hydrogen-bond donors (Lipinski definition) is 1. The molecule has 1 aromatic carbocycles. The van der Waals surface area contributed by atoms with E-state index in [-0.39, 0.29) is 0 Å². The number of nitrogen functional groups attached to an aromatic ring is 1. The van der Waals surface area contributed by atoms with Crippen molar-refractivity contribution in [3.05, 3.63) is 46.3 Å². The standard InChI is InChI=1S/C14H12IN5/c1-20-8-10(7-17-20)14-18-12(11(15)13(16)19-14)9-5-3-2-4-6-9/h2-8H,1H3,(H2,16,18,19). The van der Waals surface area contributed by atoms with Gasteiger partial charge in [-0.1, -0.05) is 30.3 Å². The van der Waals surface area contributed by atoms with Crippen molar-refractivity contribution in [3.8, 4) is 22.6 Å². The maximum Gasteiger partial charge on any atom is 0.165 e. The number of nitrogens with zero attached hydrogens (tertiary/aromatic N) is 4. The summed E-state index contributed by atoms with van der Waals surface area (Å²) in [4.78, 5) is 8.98. The molecular formula is C14H12IN5. The molecule has 3 rings (SSSR count). The molecular weight excluding hydrogens is 365 g/mol. The lowest BCUT2D eigenvalue weighted by atomic mass is 10.1. The summed E-state index contributed by atoms with van der Waals surface area (Å²) in [7, 11) is 1.86. The summed E-state index contributed by atoms with van der Waals surface area (Å²) >= 11 is 2.18. The first-order valence-corrected chi connectivity index (χ1v) is 7.10. The molecule has 6 heteroatoms. The molecule has 0 spiro atoms. The van der Waals surface area contributed by atoms with Crippen LogP contribution < -0.4 is 5.73 Å². The molecule has 0 aliphatic rings. The van der Waals surface area contributed by atoms with Crippen LogP contribution in [0.3, 0.4) is 0 Å². The van der Waals surface area contributed by atoms with E-state index >= 15 is 0 Å². The number of anilines is 1. The predicted octanol–water partition coefficient (Wildman–Crippen LogP) is 2.73. The van der Waals surface area contributed by atoms with Gasteiger partial charge >= 0.3 is 0 Å². The first kappa shape index (κ1) is 13.0. The van der Waals surface area contributed by atoms with E-state index in [1.165, 1.54) is 0 Å². The van der Waals surface area contributed by atoms with Crippen molar-refractivity contribution in [2.45, 2.75) is 0 Å². The van der Waals surface area contributed by atoms with Crippen molar-refractivity contribution in [3.63, 3.8) is 0 Å². The molecule has 100 valence electrons. The van der Waals surface area contributed by atoms with Crippen molar-refractivity contribution < 1.29 is 0 Å².